The van der Waals surface area contributed by atoms with Gasteiger partial charge in [0.2, 0.25) is 5.70 Å². The third-order valence-corrected chi connectivity index (χ3v) is 4.98. The van der Waals surface area contributed by atoms with Crippen molar-refractivity contribution in [3.05, 3.63) is 99.4 Å². The average Bonchev–Trinajstić information content (AvgIpc) is 2.76. The molecule has 0 aliphatic heterocycles. The molecule has 2 N–H and O–H groups in total. The predicted molar refractivity (Wildman–Crippen MR) is 121 cm³/mol. The number of benzene rings is 2. The van der Waals surface area contributed by atoms with Gasteiger partial charge in [-0.2, -0.15) is 4.57 Å². The number of thiocarbonyl (C=S) groups is 1. The third kappa shape index (κ3) is 5.11. The van der Waals surface area contributed by atoms with Crippen LogP contribution < -0.4 is 15.0 Å². The van der Waals surface area contributed by atoms with Gasteiger partial charge in [0.25, 0.3) is 5.69 Å². The molecule has 0 unspecified atom stereocenters. The maximum absolute atomic E-state index is 13.4. The van der Waals surface area contributed by atoms with Gasteiger partial charge in [-0.15, -0.1) is 0 Å². The molecule has 0 aliphatic rings. The van der Waals surface area contributed by atoms with E-state index in [4.69, 9.17) is 12.2 Å². The molecular formula is C23H21N3O4S. The Kier molecular flexibility index (Phi) is 6.74. The number of aliphatic hydroxyl groups excluding tert-OH is 1. The number of hydrogen-bond acceptors (Lipinski definition) is 5. The fraction of sp³-hybridized carbons (Fsp3) is 0.130. The molecule has 1 aromatic heterocycles. The summed E-state index contributed by atoms with van der Waals surface area (Å²) in [5.41, 5.74) is 3.45. The number of nitrogens with zero attached hydrogens (tertiary/aromatic N) is 2. The van der Waals surface area contributed by atoms with Crippen LogP contribution in [0.1, 0.15) is 22.3 Å². The zero-order valence-corrected chi connectivity index (χ0v) is 17.8. The summed E-state index contributed by atoms with van der Waals surface area (Å²) in [7, 11) is 0. The smallest absolute Gasteiger partial charge is 0.270 e. The van der Waals surface area contributed by atoms with Gasteiger partial charge in [0.15, 0.2) is 17.4 Å². The molecule has 31 heavy (non-hydrogen) atoms. The number of nitro benzene ring substituents is 1. The lowest BCUT2D eigenvalue weighted by Crippen LogP contribution is -2.40. The number of nitro groups is 1. The molecule has 3 rings (SSSR count). The van der Waals surface area contributed by atoms with Crippen molar-refractivity contribution >= 4 is 40.0 Å². The number of hydrogen-bond donors (Lipinski definition) is 2. The Bertz CT molecular complexity index is 1190. The van der Waals surface area contributed by atoms with Gasteiger partial charge in [0.05, 0.1) is 11.5 Å². The summed E-state index contributed by atoms with van der Waals surface area (Å²) in [5.74, 6) is -0.481. The molecule has 0 saturated heterocycles. The lowest BCUT2D eigenvalue weighted by Gasteiger charge is -2.18. The quantitative estimate of drug-likeness (QED) is 0.154. The zero-order valence-electron chi connectivity index (χ0n) is 17.0. The van der Waals surface area contributed by atoms with Gasteiger partial charge >= 0.3 is 0 Å². The normalized spacial score (nSPS) is 11.6. The summed E-state index contributed by atoms with van der Waals surface area (Å²) in [5, 5.41) is 37.2. The minimum Gasteiger partial charge on any atom is -0.867 e. The topological polar surface area (TPSA) is 102 Å². The number of pyridine rings is 1. The molecule has 0 spiro atoms. The van der Waals surface area contributed by atoms with Crippen LogP contribution in [0.25, 0.3) is 11.5 Å². The SMILES string of the molecule is Cc1ccc(NC(=S)/C(=C(\[O-])c2cccc([N+](=O)[O-])c2)[n+]2cccc(CO)c2)c(C)c1. The number of aromatic nitrogens is 1. The Labute approximate surface area is 185 Å². The molecule has 0 fully saturated rings. The van der Waals surface area contributed by atoms with E-state index in [0.717, 1.165) is 16.8 Å². The molecule has 0 aliphatic carbocycles. The minimum atomic E-state index is -0.553. The van der Waals surface area contributed by atoms with E-state index in [-0.39, 0.29) is 28.5 Å². The Hall–Kier alpha value is -3.62. The highest BCUT2D eigenvalue weighted by Crippen LogP contribution is 2.22. The van der Waals surface area contributed by atoms with Crippen molar-refractivity contribution in [2.75, 3.05) is 5.32 Å². The van der Waals surface area contributed by atoms with Crippen molar-refractivity contribution in [3.63, 3.8) is 0 Å². The van der Waals surface area contributed by atoms with Gasteiger partial charge in [-0.3, -0.25) is 10.1 Å². The second-order valence-corrected chi connectivity index (χ2v) is 7.44. The van der Waals surface area contributed by atoms with Gasteiger partial charge in [0.1, 0.15) is 0 Å². The Morgan fingerprint density at radius 2 is 1.94 bits per heavy atom. The summed E-state index contributed by atoms with van der Waals surface area (Å²) in [6.45, 7) is 3.70. The van der Waals surface area contributed by atoms with Crippen LogP contribution in [0.15, 0.2) is 67.0 Å². The molecule has 8 heteroatoms. The standard InChI is InChI=1S/C23H21N3O4S/c1-15-8-9-20(16(2)11-15)24-23(31)21(25-10-4-5-17(13-25)14-27)22(28)18-6-3-7-19(12-18)26(29)30/h3-13,27H,14H2,1-2H3,(H-,24,28,31). The molecule has 0 atom stereocenters. The summed E-state index contributed by atoms with van der Waals surface area (Å²) < 4.78 is 1.52. The summed E-state index contributed by atoms with van der Waals surface area (Å²) in [6.07, 6.45) is 3.24. The molecule has 158 valence electrons. The van der Waals surface area contributed by atoms with Gasteiger partial charge in [0, 0.05) is 29.4 Å². The number of aryl methyl sites for hydroxylation is 2. The number of non-ortho nitro benzene ring substituents is 1. The monoisotopic (exact) mass is 435 g/mol. The van der Waals surface area contributed by atoms with Crippen molar-refractivity contribution in [1.29, 1.82) is 0 Å². The summed E-state index contributed by atoms with van der Waals surface area (Å²) in [6, 6.07) is 14.7. The van der Waals surface area contributed by atoms with E-state index in [2.05, 4.69) is 5.32 Å². The number of rotatable bonds is 6. The Balaban J connectivity index is 2.14. The van der Waals surface area contributed by atoms with Gasteiger partial charge in [-0.1, -0.05) is 42.0 Å². The van der Waals surface area contributed by atoms with Gasteiger partial charge < -0.3 is 15.5 Å². The average molecular weight is 436 g/mol. The Morgan fingerprint density at radius 3 is 2.61 bits per heavy atom. The van der Waals surface area contributed by atoms with Crippen LogP contribution in [-0.4, -0.2) is 15.0 Å². The number of anilines is 1. The third-order valence-electron chi connectivity index (χ3n) is 4.68. The van der Waals surface area contributed by atoms with Crippen LogP contribution in [0.2, 0.25) is 0 Å². The minimum absolute atomic E-state index is 0.116. The molecule has 0 bridgehead atoms. The van der Waals surface area contributed by atoms with Crippen LogP contribution in [0.5, 0.6) is 0 Å². The van der Waals surface area contributed by atoms with Crippen LogP contribution in [-0.2, 0) is 6.61 Å². The summed E-state index contributed by atoms with van der Waals surface area (Å²) >= 11 is 5.59. The number of aliphatic hydroxyl groups is 1. The molecule has 7 nitrogen and oxygen atoms in total. The van der Waals surface area contributed by atoms with E-state index >= 15 is 0 Å². The second kappa shape index (κ2) is 9.46. The van der Waals surface area contributed by atoms with E-state index in [9.17, 15) is 20.3 Å². The molecule has 3 aromatic rings. The zero-order chi connectivity index (χ0) is 22.5. The van der Waals surface area contributed by atoms with Gasteiger partial charge in [-0.25, -0.2) is 0 Å². The molecule has 0 radical (unpaired) electrons. The molecule has 2 aromatic carbocycles. The van der Waals surface area contributed by atoms with Gasteiger partial charge in [-0.05, 0) is 42.9 Å². The van der Waals surface area contributed by atoms with Crippen LogP contribution in [0.3, 0.4) is 0 Å². The van der Waals surface area contributed by atoms with Crippen molar-refractivity contribution in [3.8, 4) is 0 Å². The first-order chi connectivity index (χ1) is 14.8. The Morgan fingerprint density at radius 1 is 1.16 bits per heavy atom. The highest BCUT2D eigenvalue weighted by atomic mass is 32.1. The van der Waals surface area contributed by atoms with Crippen LogP contribution in [0.4, 0.5) is 11.4 Å². The first-order valence-electron chi connectivity index (χ1n) is 9.46. The van der Waals surface area contributed by atoms with E-state index in [1.165, 1.54) is 28.8 Å². The lowest BCUT2D eigenvalue weighted by molar-refractivity contribution is -0.578. The molecule has 0 amide bonds. The largest absolute Gasteiger partial charge is 0.867 e. The van der Waals surface area contributed by atoms with Crippen molar-refractivity contribution in [1.82, 2.24) is 0 Å². The number of nitrogens with one attached hydrogen (secondary N) is 1. The molecular weight excluding hydrogens is 414 g/mol. The predicted octanol–water partition coefficient (Wildman–Crippen LogP) is 3.12. The second-order valence-electron chi connectivity index (χ2n) is 7.04. The highest BCUT2D eigenvalue weighted by molar-refractivity contribution is 7.81. The molecule has 1 heterocycles. The van der Waals surface area contributed by atoms with E-state index in [1.807, 2.05) is 32.0 Å². The lowest BCUT2D eigenvalue weighted by atomic mass is 10.1. The highest BCUT2D eigenvalue weighted by Gasteiger charge is 2.21. The fourth-order valence-electron chi connectivity index (χ4n) is 3.13. The maximum Gasteiger partial charge on any atom is 0.270 e. The summed E-state index contributed by atoms with van der Waals surface area (Å²) in [4.78, 5) is 10.8. The maximum atomic E-state index is 13.4. The fourth-order valence-corrected chi connectivity index (χ4v) is 3.44. The first-order valence-corrected chi connectivity index (χ1v) is 9.87. The van der Waals surface area contributed by atoms with E-state index in [1.54, 1.807) is 24.5 Å². The van der Waals surface area contributed by atoms with Crippen molar-refractivity contribution in [2.24, 2.45) is 0 Å². The van der Waals surface area contributed by atoms with E-state index in [0.29, 0.717) is 5.56 Å². The van der Waals surface area contributed by atoms with E-state index < -0.39 is 10.7 Å². The van der Waals surface area contributed by atoms with Crippen LogP contribution in [0, 0.1) is 24.0 Å². The van der Waals surface area contributed by atoms with Crippen molar-refractivity contribution in [2.45, 2.75) is 20.5 Å². The van der Waals surface area contributed by atoms with Crippen molar-refractivity contribution < 1.29 is 19.7 Å². The first kappa shape index (κ1) is 22.1. The van der Waals surface area contributed by atoms with Crippen LogP contribution >= 0.6 is 12.2 Å². The molecule has 0 saturated carbocycles.